The van der Waals surface area contributed by atoms with Crippen LogP contribution in [-0.2, 0) is 29.0 Å². The topological polar surface area (TPSA) is 49.2 Å². The smallest absolute Gasteiger partial charge is 0.237 e. The first-order valence-corrected chi connectivity index (χ1v) is 13.2. The Balaban J connectivity index is 1.48. The van der Waals surface area contributed by atoms with E-state index in [1.54, 1.807) is 12.1 Å². The molecule has 3 aromatic rings. The van der Waals surface area contributed by atoms with Crippen molar-refractivity contribution in [3.63, 3.8) is 0 Å². The van der Waals surface area contributed by atoms with E-state index in [-0.39, 0.29) is 24.8 Å². The highest BCUT2D eigenvalue weighted by Gasteiger charge is 2.22. The number of hydrogen-bond acceptors (Lipinski definition) is 5. The summed E-state index contributed by atoms with van der Waals surface area (Å²) in [5, 5.41) is 0.371. The molecule has 8 heteroatoms. The molecule has 0 saturated carbocycles. The van der Waals surface area contributed by atoms with Crippen LogP contribution in [-0.4, -0.2) is 73.1 Å². The number of aryl methyl sites for hydroxylation is 1. The Hall–Kier alpha value is -2.71. The van der Waals surface area contributed by atoms with E-state index in [9.17, 15) is 9.18 Å². The standard InChI is InChI=1S/C29H35ClFN3O3/c1-23-10-11-25(37-23)20-34(13-12-24-6-3-2-4-7-24)29(35)22-33(15-14-32-16-18-36-19-17-32)21-26-27(30)8-5-9-28(26)31/h2-11H,12-22H2,1H3. The van der Waals surface area contributed by atoms with E-state index < -0.39 is 0 Å². The molecule has 1 aliphatic rings. The minimum absolute atomic E-state index is 0.0283. The fraction of sp³-hybridized carbons (Fsp3) is 0.414. The monoisotopic (exact) mass is 527 g/mol. The van der Waals surface area contributed by atoms with Gasteiger partial charge < -0.3 is 14.1 Å². The summed E-state index contributed by atoms with van der Waals surface area (Å²) in [6.45, 7) is 7.74. The molecule has 1 saturated heterocycles. The van der Waals surface area contributed by atoms with Gasteiger partial charge in [-0.1, -0.05) is 48.0 Å². The summed E-state index contributed by atoms with van der Waals surface area (Å²) >= 11 is 6.35. The third-order valence-corrected chi connectivity index (χ3v) is 7.00. The maximum Gasteiger partial charge on any atom is 0.237 e. The first kappa shape index (κ1) is 27.3. The lowest BCUT2D eigenvalue weighted by Gasteiger charge is -2.31. The Bertz CT molecular complexity index is 1110. The minimum Gasteiger partial charge on any atom is -0.464 e. The number of carbonyl (C=O) groups is 1. The van der Waals surface area contributed by atoms with Crippen LogP contribution in [0.1, 0.15) is 22.6 Å². The molecule has 0 N–H and O–H groups in total. The van der Waals surface area contributed by atoms with Crippen LogP contribution in [0.25, 0.3) is 0 Å². The van der Waals surface area contributed by atoms with Crippen molar-refractivity contribution >= 4 is 17.5 Å². The SMILES string of the molecule is Cc1ccc(CN(CCc2ccccc2)C(=O)CN(CCN2CCOCC2)Cc2c(F)cccc2Cl)o1. The molecule has 0 spiro atoms. The second kappa shape index (κ2) is 13.7. The van der Waals surface area contributed by atoms with E-state index in [2.05, 4.69) is 17.0 Å². The molecule has 1 amide bonds. The van der Waals surface area contributed by atoms with E-state index in [0.29, 0.717) is 43.4 Å². The molecule has 2 heterocycles. The number of morpholine rings is 1. The van der Waals surface area contributed by atoms with E-state index >= 15 is 0 Å². The van der Waals surface area contributed by atoms with Gasteiger partial charge in [0.25, 0.3) is 0 Å². The summed E-state index contributed by atoms with van der Waals surface area (Å²) in [5.41, 5.74) is 1.58. The molecule has 1 fully saturated rings. The zero-order chi connectivity index (χ0) is 26.0. The van der Waals surface area contributed by atoms with Crippen molar-refractivity contribution in [2.45, 2.75) is 26.4 Å². The number of benzene rings is 2. The molecule has 2 aromatic carbocycles. The van der Waals surface area contributed by atoms with Crippen LogP contribution in [0.15, 0.2) is 65.1 Å². The maximum absolute atomic E-state index is 14.7. The van der Waals surface area contributed by atoms with Gasteiger partial charge in [0.2, 0.25) is 5.91 Å². The lowest BCUT2D eigenvalue weighted by molar-refractivity contribution is -0.133. The Morgan fingerprint density at radius 3 is 2.49 bits per heavy atom. The quantitative estimate of drug-likeness (QED) is 0.339. The Morgan fingerprint density at radius 1 is 1.00 bits per heavy atom. The predicted octanol–water partition coefficient (Wildman–Crippen LogP) is 4.79. The van der Waals surface area contributed by atoms with Gasteiger partial charge in [-0.3, -0.25) is 14.6 Å². The van der Waals surface area contributed by atoms with Gasteiger partial charge in [-0.2, -0.15) is 0 Å². The normalized spacial score (nSPS) is 14.3. The van der Waals surface area contributed by atoms with Crippen molar-refractivity contribution in [1.82, 2.24) is 14.7 Å². The van der Waals surface area contributed by atoms with Crippen molar-refractivity contribution in [1.29, 1.82) is 0 Å². The van der Waals surface area contributed by atoms with Gasteiger partial charge in [-0.05, 0) is 43.2 Å². The Morgan fingerprint density at radius 2 is 1.78 bits per heavy atom. The van der Waals surface area contributed by atoms with Crippen molar-refractivity contribution in [3.8, 4) is 0 Å². The van der Waals surface area contributed by atoms with Gasteiger partial charge in [0.05, 0.1) is 26.3 Å². The third-order valence-electron chi connectivity index (χ3n) is 6.65. The Labute approximate surface area is 223 Å². The van der Waals surface area contributed by atoms with Crippen molar-refractivity contribution in [2.24, 2.45) is 0 Å². The summed E-state index contributed by atoms with van der Waals surface area (Å²) in [7, 11) is 0. The lowest BCUT2D eigenvalue weighted by atomic mass is 10.1. The third kappa shape index (κ3) is 8.40. The molecule has 0 bridgehead atoms. The zero-order valence-electron chi connectivity index (χ0n) is 21.4. The van der Waals surface area contributed by atoms with Crippen LogP contribution in [0.3, 0.4) is 0 Å². The van der Waals surface area contributed by atoms with Gasteiger partial charge in [0.1, 0.15) is 17.3 Å². The summed E-state index contributed by atoms with van der Waals surface area (Å²) < 4.78 is 25.9. The first-order chi connectivity index (χ1) is 18.0. The number of halogens is 2. The molecule has 1 aromatic heterocycles. The number of carbonyl (C=O) groups excluding carboxylic acids is 1. The molecule has 0 unspecified atom stereocenters. The highest BCUT2D eigenvalue weighted by Crippen LogP contribution is 2.21. The number of rotatable bonds is 12. The second-order valence-corrected chi connectivity index (χ2v) is 9.84. The van der Waals surface area contributed by atoms with Crippen molar-refractivity contribution in [3.05, 3.63) is 94.2 Å². The van der Waals surface area contributed by atoms with Crippen molar-refractivity contribution in [2.75, 3.05) is 52.5 Å². The second-order valence-electron chi connectivity index (χ2n) is 9.43. The van der Waals surface area contributed by atoms with Gasteiger partial charge in [0.15, 0.2) is 0 Å². The number of furan rings is 1. The van der Waals surface area contributed by atoms with Crippen LogP contribution in [0.2, 0.25) is 5.02 Å². The summed E-state index contributed by atoms with van der Waals surface area (Å²) in [5.74, 6) is 1.17. The Kier molecular flexibility index (Phi) is 10.1. The number of nitrogens with zero attached hydrogens (tertiary/aromatic N) is 3. The summed E-state index contributed by atoms with van der Waals surface area (Å²) in [6, 6.07) is 18.6. The van der Waals surface area contributed by atoms with E-state index in [1.807, 2.05) is 47.1 Å². The lowest BCUT2D eigenvalue weighted by Crippen LogP contribution is -2.45. The highest BCUT2D eigenvalue weighted by molar-refractivity contribution is 6.31. The molecule has 37 heavy (non-hydrogen) atoms. The highest BCUT2D eigenvalue weighted by atomic mass is 35.5. The average molecular weight is 528 g/mol. The van der Waals surface area contributed by atoms with Crippen LogP contribution < -0.4 is 0 Å². The van der Waals surface area contributed by atoms with E-state index in [1.165, 1.54) is 11.6 Å². The molecule has 0 aliphatic carbocycles. The largest absolute Gasteiger partial charge is 0.464 e. The van der Waals surface area contributed by atoms with E-state index in [4.69, 9.17) is 20.8 Å². The maximum atomic E-state index is 14.7. The van der Waals surface area contributed by atoms with Gasteiger partial charge in [-0.15, -0.1) is 0 Å². The number of hydrogen-bond donors (Lipinski definition) is 0. The van der Waals surface area contributed by atoms with Crippen molar-refractivity contribution < 1.29 is 18.3 Å². The number of amides is 1. The zero-order valence-corrected chi connectivity index (χ0v) is 22.1. The minimum atomic E-state index is -0.358. The van der Waals surface area contributed by atoms with E-state index in [0.717, 1.165) is 37.6 Å². The average Bonchev–Trinajstić information content (AvgIpc) is 3.32. The van der Waals surface area contributed by atoms with Crippen LogP contribution >= 0.6 is 11.6 Å². The first-order valence-electron chi connectivity index (χ1n) is 12.8. The molecule has 0 atom stereocenters. The summed E-state index contributed by atoms with van der Waals surface area (Å²) in [4.78, 5) is 19.8. The fourth-order valence-corrected chi connectivity index (χ4v) is 4.70. The van der Waals surface area contributed by atoms with Crippen LogP contribution in [0.5, 0.6) is 0 Å². The molecule has 0 radical (unpaired) electrons. The predicted molar refractivity (Wildman–Crippen MR) is 143 cm³/mol. The molecular weight excluding hydrogens is 493 g/mol. The van der Waals surface area contributed by atoms with Crippen LogP contribution in [0, 0.1) is 12.7 Å². The summed E-state index contributed by atoms with van der Waals surface area (Å²) in [6.07, 6.45) is 0.735. The molecule has 4 rings (SSSR count). The molecule has 6 nitrogen and oxygen atoms in total. The fourth-order valence-electron chi connectivity index (χ4n) is 4.48. The number of ether oxygens (including phenoxy) is 1. The molecular formula is C29H35ClFN3O3. The van der Waals surface area contributed by atoms with Gasteiger partial charge in [-0.25, -0.2) is 4.39 Å². The van der Waals surface area contributed by atoms with Gasteiger partial charge in [0, 0.05) is 49.9 Å². The van der Waals surface area contributed by atoms with Gasteiger partial charge >= 0.3 is 0 Å². The van der Waals surface area contributed by atoms with Crippen LogP contribution in [0.4, 0.5) is 4.39 Å². The molecule has 198 valence electrons. The molecule has 1 aliphatic heterocycles.